The first-order valence-electron chi connectivity index (χ1n) is 26.4. The summed E-state index contributed by atoms with van der Waals surface area (Å²) in [6.45, 7) is 20.6. The van der Waals surface area contributed by atoms with Crippen LogP contribution in [-0.4, -0.2) is 160 Å². The largest absolute Gasteiger partial charge is 0.446 e. The molecule has 4 saturated carbocycles. The summed E-state index contributed by atoms with van der Waals surface area (Å²) in [6, 6.07) is 0. The van der Waals surface area contributed by atoms with Gasteiger partial charge in [-0.05, 0) is 129 Å². The first kappa shape index (κ1) is 60.9. The van der Waals surface area contributed by atoms with Crippen molar-refractivity contribution in [3.05, 3.63) is 0 Å². The molecule has 4 aliphatic carbocycles. The molecule has 396 valence electrons. The number of nitrogens with one attached hydrogen (secondary N) is 1. The number of alkyl carbamates (subject to hydrolysis) is 1. The predicted octanol–water partition coefficient (Wildman–Crippen LogP) is 9.49. The van der Waals surface area contributed by atoms with Gasteiger partial charge in [-0.2, -0.15) is 0 Å². The number of methoxy groups -OCH3 is 2. The second kappa shape index (κ2) is 36.5. The van der Waals surface area contributed by atoms with Gasteiger partial charge in [-0.1, -0.05) is 75.5 Å². The number of hydrogen-bond acceptors (Lipinski definition) is 14. The Kier molecular flexibility index (Phi) is 33.1. The lowest BCUT2D eigenvalue weighted by Crippen LogP contribution is -2.54. The molecule has 0 aromatic heterocycles. The van der Waals surface area contributed by atoms with Crippen molar-refractivity contribution >= 4 is 27.7 Å². The van der Waals surface area contributed by atoms with Crippen molar-refractivity contribution in [1.82, 2.24) is 5.32 Å². The molecule has 3 N–H and O–H groups in total. The number of rotatable bonds is 37. The third kappa shape index (κ3) is 23.3. The predicted molar refractivity (Wildman–Crippen MR) is 272 cm³/mol. The number of carbonyl (C=O) groups excluding carboxylic acids is 1. The minimum Gasteiger partial charge on any atom is -0.446 e. The van der Waals surface area contributed by atoms with Crippen LogP contribution >= 0.6 is 21.6 Å². The number of amides is 1. The van der Waals surface area contributed by atoms with Crippen LogP contribution in [0.4, 0.5) is 4.79 Å². The molecule has 13 nitrogen and oxygen atoms in total. The number of fused-ring (bicyclic) bond motifs is 5. The van der Waals surface area contributed by atoms with Crippen molar-refractivity contribution in [1.29, 1.82) is 0 Å². The lowest BCUT2D eigenvalue weighted by atomic mass is 9.44. The number of aliphatic hydroxyl groups is 2. The molecule has 0 aromatic rings. The molecule has 4 aliphatic rings. The summed E-state index contributed by atoms with van der Waals surface area (Å²) in [5.74, 6) is 8.15. The van der Waals surface area contributed by atoms with E-state index in [9.17, 15) is 9.90 Å². The van der Waals surface area contributed by atoms with Crippen LogP contribution < -0.4 is 5.32 Å². The fraction of sp³-hybridized carbons (Fsp3) is 0.981. The Bertz CT molecular complexity index is 1210. The molecule has 0 spiro atoms. The SMILES string of the molecule is COCC(O)COCCOCCOCCOCCCNC(=O)O[C@H]1CC[C@@]2(C)C(CCC3C2CC[C@@]2(C)C3CCC2[C@@H](C)CCCC(C)C)C1.COCCOCCCSSCCCOCCO. The zero-order chi connectivity index (χ0) is 48.6. The molecule has 0 radical (unpaired) electrons. The molecule has 4 fully saturated rings. The van der Waals surface area contributed by atoms with Crippen LogP contribution in [0, 0.1) is 52.3 Å². The first-order chi connectivity index (χ1) is 32.5. The molecule has 4 rings (SSSR count). The van der Waals surface area contributed by atoms with Gasteiger partial charge in [0, 0.05) is 52.1 Å². The van der Waals surface area contributed by atoms with Gasteiger partial charge in [0.05, 0.1) is 79.3 Å². The van der Waals surface area contributed by atoms with E-state index >= 15 is 0 Å². The molecule has 10 atom stereocenters. The Morgan fingerprint density at radius 3 is 1.88 bits per heavy atom. The molecule has 0 bridgehead atoms. The van der Waals surface area contributed by atoms with Gasteiger partial charge in [-0.25, -0.2) is 4.79 Å². The highest BCUT2D eigenvalue weighted by Gasteiger charge is 2.60. The van der Waals surface area contributed by atoms with Crippen LogP contribution in [-0.2, 0) is 42.6 Å². The smallest absolute Gasteiger partial charge is 0.407 e. The van der Waals surface area contributed by atoms with Gasteiger partial charge in [0.1, 0.15) is 12.2 Å². The highest BCUT2D eigenvalue weighted by atomic mass is 33.1. The zero-order valence-electron chi connectivity index (χ0n) is 43.3. The van der Waals surface area contributed by atoms with Crippen molar-refractivity contribution in [2.75, 3.05) is 131 Å². The molecule has 0 saturated heterocycles. The maximum atomic E-state index is 12.7. The molecular weight excluding hydrogens is 895 g/mol. The Labute approximate surface area is 415 Å². The molecule has 15 heteroatoms. The maximum Gasteiger partial charge on any atom is 0.407 e. The summed E-state index contributed by atoms with van der Waals surface area (Å²) in [7, 11) is 6.98. The van der Waals surface area contributed by atoms with E-state index in [0.717, 1.165) is 92.3 Å². The Morgan fingerprint density at radius 2 is 1.24 bits per heavy atom. The highest BCUT2D eigenvalue weighted by Crippen LogP contribution is 2.68. The van der Waals surface area contributed by atoms with Crippen molar-refractivity contribution < 1.29 is 57.6 Å². The monoisotopic (exact) mass is 994 g/mol. The van der Waals surface area contributed by atoms with E-state index in [0.29, 0.717) is 89.4 Å². The Morgan fingerprint density at radius 1 is 0.642 bits per heavy atom. The van der Waals surface area contributed by atoms with E-state index in [-0.39, 0.29) is 32.0 Å². The molecule has 6 unspecified atom stereocenters. The van der Waals surface area contributed by atoms with Crippen molar-refractivity contribution in [2.45, 2.75) is 143 Å². The van der Waals surface area contributed by atoms with Crippen LogP contribution in [0.15, 0.2) is 0 Å². The fourth-order valence-electron chi connectivity index (χ4n) is 12.0. The van der Waals surface area contributed by atoms with Gasteiger partial charge in [-0.3, -0.25) is 0 Å². The van der Waals surface area contributed by atoms with Crippen LogP contribution in [0.3, 0.4) is 0 Å². The van der Waals surface area contributed by atoms with Gasteiger partial charge in [0.15, 0.2) is 0 Å². The first-order valence-corrected chi connectivity index (χ1v) is 28.9. The van der Waals surface area contributed by atoms with E-state index in [1.165, 1.54) is 64.2 Å². The summed E-state index contributed by atoms with van der Waals surface area (Å²) in [4.78, 5) is 12.7. The Balaban J connectivity index is 0.000000593. The molecule has 0 aliphatic heterocycles. The van der Waals surface area contributed by atoms with Gasteiger partial charge in [0.2, 0.25) is 0 Å². The van der Waals surface area contributed by atoms with Crippen LogP contribution in [0.1, 0.15) is 131 Å². The lowest BCUT2D eigenvalue weighted by molar-refractivity contribution is -0.129. The number of hydrogen-bond donors (Lipinski definition) is 3. The van der Waals surface area contributed by atoms with Crippen molar-refractivity contribution in [3.63, 3.8) is 0 Å². The second-order valence-corrected chi connectivity index (χ2v) is 23.3. The third-order valence-corrected chi connectivity index (χ3v) is 18.0. The topological polar surface area (TPSA) is 153 Å². The van der Waals surface area contributed by atoms with Crippen LogP contribution in [0.2, 0.25) is 0 Å². The summed E-state index contributed by atoms with van der Waals surface area (Å²) >= 11 is 0. The molecule has 0 aromatic carbocycles. The summed E-state index contributed by atoms with van der Waals surface area (Å²) in [5.41, 5.74) is 0.947. The van der Waals surface area contributed by atoms with E-state index in [1.54, 1.807) is 14.2 Å². The molecule has 0 heterocycles. The van der Waals surface area contributed by atoms with E-state index < -0.39 is 6.10 Å². The second-order valence-electron chi connectivity index (χ2n) is 20.6. The quantitative estimate of drug-likeness (QED) is 0.0400. The lowest BCUT2D eigenvalue weighted by Gasteiger charge is -2.61. The molecule has 1 amide bonds. The summed E-state index contributed by atoms with van der Waals surface area (Å²) in [6.07, 6.45) is 17.9. The molecule has 67 heavy (non-hydrogen) atoms. The zero-order valence-corrected chi connectivity index (χ0v) is 45.0. The highest BCUT2D eigenvalue weighted by molar-refractivity contribution is 8.76. The van der Waals surface area contributed by atoms with Crippen LogP contribution in [0.25, 0.3) is 0 Å². The fourth-order valence-corrected chi connectivity index (χ4v) is 14.1. The number of ether oxygens (including phenoxy) is 9. The molecular formula is C52H99NO12S2. The third-order valence-electron chi connectivity index (χ3n) is 15.4. The normalized spacial score (nSPS) is 27.7. The van der Waals surface area contributed by atoms with E-state index in [4.69, 9.17) is 47.7 Å². The van der Waals surface area contributed by atoms with Gasteiger partial charge < -0.3 is 58.2 Å². The average molecular weight is 994 g/mol. The van der Waals surface area contributed by atoms with Crippen LogP contribution in [0.5, 0.6) is 0 Å². The van der Waals surface area contributed by atoms with E-state index in [2.05, 4.69) is 39.9 Å². The van der Waals surface area contributed by atoms with Crippen molar-refractivity contribution in [3.8, 4) is 0 Å². The van der Waals surface area contributed by atoms with Gasteiger partial charge in [0.25, 0.3) is 0 Å². The van der Waals surface area contributed by atoms with Crippen molar-refractivity contribution in [2.24, 2.45) is 52.3 Å². The maximum absolute atomic E-state index is 12.7. The van der Waals surface area contributed by atoms with E-state index in [1.807, 2.05) is 21.6 Å². The van der Waals surface area contributed by atoms with Gasteiger partial charge in [-0.15, -0.1) is 0 Å². The Hall–Kier alpha value is -0.430. The summed E-state index contributed by atoms with van der Waals surface area (Å²) < 4.78 is 48.2. The standard InChI is InChI=1S/C41H75NO8.C11H24O4S2/c1-30(2)9-7-10-31(3)36-13-14-37-35-12-11-32-27-34(15-17-40(32,4)38(35)16-18-41(36,37)5)50-39(44)42-19-8-20-46-21-22-47-23-24-48-25-26-49-29-33(43)28-45-6;1-13-8-9-15-6-3-11-17-16-10-2-5-14-7-4-12/h30-38,43H,7-29H2,1-6H3,(H,42,44);12H,2-11H2,1H3/t31-,32?,33?,34-,35?,36?,37?,38?,40-,41+;/m0./s1. The average Bonchev–Trinajstić information content (AvgIpc) is 3.67. The minimum atomic E-state index is -0.608. The minimum absolute atomic E-state index is 0.0414. The number of carbonyl (C=O) groups is 1. The van der Waals surface area contributed by atoms with Gasteiger partial charge >= 0.3 is 6.09 Å². The number of aliphatic hydroxyl groups excluding tert-OH is 2. The summed E-state index contributed by atoms with van der Waals surface area (Å²) in [5, 5.41) is 20.9.